The highest BCUT2D eigenvalue weighted by Crippen LogP contribution is 2.34. The third-order valence-electron chi connectivity index (χ3n) is 3.22. The SMILES string of the molecule is COC(=O)C(NC(=O)c1cccc(Cl)c1)(Nc1ncc(C)s1)C(F)(F)F. The van der Waals surface area contributed by atoms with E-state index < -0.39 is 23.7 Å². The lowest BCUT2D eigenvalue weighted by Crippen LogP contribution is -2.69. The molecule has 1 aromatic heterocycles. The van der Waals surface area contributed by atoms with Crippen LogP contribution in [-0.4, -0.2) is 35.8 Å². The molecule has 0 radical (unpaired) electrons. The van der Waals surface area contributed by atoms with Crippen molar-refractivity contribution < 1.29 is 27.5 Å². The van der Waals surface area contributed by atoms with Crippen molar-refractivity contribution in [1.29, 1.82) is 0 Å². The molecule has 2 rings (SSSR count). The summed E-state index contributed by atoms with van der Waals surface area (Å²) in [4.78, 5) is 28.8. The standard InChI is InChI=1S/C15H13ClF3N3O3S/c1-8-7-20-13(26-8)22-14(12(24)25-2,15(17,18)19)21-11(23)9-4-3-5-10(16)6-9/h3-7H,1-2H3,(H,20,22)(H,21,23). The van der Waals surface area contributed by atoms with Gasteiger partial charge in [-0.3, -0.25) is 4.79 Å². The van der Waals surface area contributed by atoms with E-state index in [-0.39, 0.29) is 15.7 Å². The summed E-state index contributed by atoms with van der Waals surface area (Å²) in [6.45, 7) is 1.63. The number of amides is 1. The molecule has 1 unspecified atom stereocenters. The Morgan fingerprint density at radius 2 is 2.00 bits per heavy atom. The molecule has 2 N–H and O–H groups in total. The molecule has 0 aliphatic heterocycles. The van der Waals surface area contributed by atoms with Crippen LogP contribution < -0.4 is 10.6 Å². The number of carbonyl (C=O) groups excluding carboxylic acids is 2. The van der Waals surface area contributed by atoms with Gasteiger partial charge in [-0.25, -0.2) is 9.78 Å². The number of hydrogen-bond acceptors (Lipinski definition) is 6. The minimum absolute atomic E-state index is 0.150. The van der Waals surface area contributed by atoms with Gasteiger partial charge in [0, 0.05) is 21.7 Å². The second-order valence-electron chi connectivity index (χ2n) is 5.10. The van der Waals surface area contributed by atoms with E-state index in [0.29, 0.717) is 4.88 Å². The number of anilines is 1. The van der Waals surface area contributed by atoms with Gasteiger partial charge in [-0.05, 0) is 25.1 Å². The summed E-state index contributed by atoms with van der Waals surface area (Å²) in [6.07, 6.45) is -3.90. The fraction of sp³-hybridized carbons (Fsp3) is 0.267. The van der Waals surface area contributed by atoms with Gasteiger partial charge in [0.15, 0.2) is 5.13 Å². The highest BCUT2D eigenvalue weighted by atomic mass is 35.5. The fourth-order valence-corrected chi connectivity index (χ4v) is 2.90. The minimum atomic E-state index is -5.23. The number of nitrogens with one attached hydrogen (secondary N) is 2. The molecule has 0 saturated heterocycles. The van der Waals surface area contributed by atoms with Crippen molar-refractivity contribution in [2.75, 3.05) is 12.4 Å². The molecule has 2 aromatic rings. The fourth-order valence-electron chi connectivity index (χ4n) is 1.99. The second kappa shape index (κ2) is 7.50. The molecule has 1 atom stereocenters. The number of aromatic nitrogens is 1. The van der Waals surface area contributed by atoms with Gasteiger partial charge < -0.3 is 15.4 Å². The predicted molar refractivity (Wildman–Crippen MR) is 90.2 cm³/mol. The number of thiazole rings is 1. The molecule has 140 valence electrons. The summed E-state index contributed by atoms with van der Waals surface area (Å²) in [5.74, 6) is -2.91. The zero-order valence-corrected chi connectivity index (χ0v) is 15.1. The Hall–Kier alpha value is -2.33. The number of ether oxygens (including phenoxy) is 1. The normalized spacial score (nSPS) is 13.6. The Bertz CT molecular complexity index is 828. The van der Waals surface area contributed by atoms with Gasteiger partial charge in [-0.1, -0.05) is 17.7 Å². The van der Waals surface area contributed by atoms with Crippen LogP contribution in [0, 0.1) is 6.92 Å². The summed E-state index contributed by atoms with van der Waals surface area (Å²) < 4.78 is 45.8. The van der Waals surface area contributed by atoms with Gasteiger partial charge in [0.25, 0.3) is 5.91 Å². The average Bonchev–Trinajstić information content (AvgIpc) is 2.97. The first-order valence-electron chi connectivity index (χ1n) is 7.03. The van der Waals surface area contributed by atoms with Gasteiger partial charge in [-0.15, -0.1) is 11.3 Å². The summed E-state index contributed by atoms with van der Waals surface area (Å²) >= 11 is 6.64. The Labute approximate surface area is 155 Å². The topological polar surface area (TPSA) is 80.3 Å². The maximum absolute atomic E-state index is 13.8. The van der Waals surface area contributed by atoms with Crippen molar-refractivity contribution in [1.82, 2.24) is 10.3 Å². The first-order chi connectivity index (χ1) is 12.1. The third kappa shape index (κ3) is 4.07. The van der Waals surface area contributed by atoms with Crippen LogP contribution >= 0.6 is 22.9 Å². The van der Waals surface area contributed by atoms with Crippen LogP contribution in [0.15, 0.2) is 30.5 Å². The quantitative estimate of drug-likeness (QED) is 0.586. The maximum atomic E-state index is 13.8. The number of methoxy groups -OCH3 is 1. The van der Waals surface area contributed by atoms with Crippen LogP contribution in [0.5, 0.6) is 0 Å². The number of alkyl halides is 3. The van der Waals surface area contributed by atoms with Gasteiger partial charge >= 0.3 is 17.8 Å². The lowest BCUT2D eigenvalue weighted by molar-refractivity contribution is -0.203. The molecule has 26 heavy (non-hydrogen) atoms. The van der Waals surface area contributed by atoms with E-state index in [1.165, 1.54) is 30.5 Å². The summed E-state index contributed by atoms with van der Waals surface area (Å²) in [5, 5.41) is 3.58. The van der Waals surface area contributed by atoms with Crippen LogP contribution in [0.25, 0.3) is 0 Å². The van der Waals surface area contributed by atoms with Gasteiger partial charge in [0.05, 0.1) is 7.11 Å². The van der Waals surface area contributed by atoms with Crippen LogP contribution in [0.4, 0.5) is 18.3 Å². The molecule has 0 aliphatic rings. The average molecular weight is 408 g/mol. The molecule has 0 spiro atoms. The van der Waals surface area contributed by atoms with Crippen molar-refractivity contribution in [3.63, 3.8) is 0 Å². The van der Waals surface area contributed by atoms with E-state index in [4.69, 9.17) is 11.6 Å². The number of esters is 1. The number of carbonyl (C=O) groups is 2. The highest BCUT2D eigenvalue weighted by Gasteiger charge is 2.64. The van der Waals surface area contributed by atoms with Crippen LogP contribution in [0.1, 0.15) is 15.2 Å². The van der Waals surface area contributed by atoms with Crippen molar-refractivity contribution >= 4 is 39.9 Å². The molecule has 11 heteroatoms. The van der Waals surface area contributed by atoms with Crippen molar-refractivity contribution in [3.05, 3.63) is 45.9 Å². The van der Waals surface area contributed by atoms with E-state index in [2.05, 4.69) is 9.72 Å². The first kappa shape index (κ1) is 20.0. The molecule has 6 nitrogen and oxygen atoms in total. The molecule has 1 aromatic carbocycles. The molecule has 0 bridgehead atoms. The zero-order chi connectivity index (χ0) is 19.5. The van der Waals surface area contributed by atoms with Crippen LogP contribution in [0.3, 0.4) is 0 Å². The highest BCUT2D eigenvalue weighted by molar-refractivity contribution is 7.15. The maximum Gasteiger partial charge on any atom is 0.442 e. The van der Waals surface area contributed by atoms with Gasteiger partial charge in [0.2, 0.25) is 0 Å². The van der Waals surface area contributed by atoms with E-state index in [9.17, 15) is 22.8 Å². The Kier molecular flexibility index (Phi) is 5.77. The van der Waals surface area contributed by atoms with Gasteiger partial charge in [-0.2, -0.15) is 13.2 Å². The number of halogens is 4. The third-order valence-corrected chi connectivity index (χ3v) is 4.28. The van der Waals surface area contributed by atoms with Crippen molar-refractivity contribution in [3.8, 4) is 0 Å². The molecule has 1 amide bonds. The monoisotopic (exact) mass is 407 g/mol. The summed E-state index contributed by atoms with van der Waals surface area (Å²) in [7, 11) is 0.781. The Morgan fingerprint density at radius 1 is 1.31 bits per heavy atom. The summed E-state index contributed by atoms with van der Waals surface area (Å²) in [6, 6.07) is 5.27. The number of nitrogens with zero attached hydrogens (tertiary/aromatic N) is 1. The van der Waals surface area contributed by atoms with E-state index in [1.807, 2.05) is 5.32 Å². The summed E-state index contributed by atoms with van der Waals surface area (Å²) in [5.41, 5.74) is -3.68. The van der Waals surface area contributed by atoms with Crippen LogP contribution in [0.2, 0.25) is 5.02 Å². The zero-order valence-electron chi connectivity index (χ0n) is 13.5. The molecular weight excluding hydrogens is 395 g/mol. The second-order valence-corrected chi connectivity index (χ2v) is 6.78. The van der Waals surface area contributed by atoms with Crippen LogP contribution in [-0.2, 0) is 9.53 Å². The molecular formula is C15H13ClF3N3O3S. The Balaban J connectivity index is 2.47. The van der Waals surface area contributed by atoms with E-state index in [1.54, 1.807) is 12.2 Å². The molecule has 0 saturated carbocycles. The van der Waals surface area contributed by atoms with Crippen molar-refractivity contribution in [2.24, 2.45) is 0 Å². The molecule has 0 aliphatic carbocycles. The number of benzene rings is 1. The number of hydrogen-bond donors (Lipinski definition) is 2. The number of aryl methyl sites for hydroxylation is 1. The Morgan fingerprint density at radius 3 is 2.50 bits per heavy atom. The van der Waals surface area contributed by atoms with Gasteiger partial charge in [0.1, 0.15) is 0 Å². The first-order valence-corrected chi connectivity index (χ1v) is 8.22. The number of rotatable bonds is 5. The molecule has 0 fully saturated rings. The lowest BCUT2D eigenvalue weighted by atomic mass is 10.1. The van der Waals surface area contributed by atoms with E-state index in [0.717, 1.165) is 18.4 Å². The smallest absolute Gasteiger partial charge is 0.442 e. The largest absolute Gasteiger partial charge is 0.466 e. The van der Waals surface area contributed by atoms with Crippen molar-refractivity contribution in [2.45, 2.75) is 18.8 Å². The lowest BCUT2D eigenvalue weighted by Gasteiger charge is -2.34. The predicted octanol–water partition coefficient (Wildman–Crippen LogP) is 3.38. The molecule has 1 heterocycles. The minimum Gasteiger partial charge on any atom is -0.466 e. The van der Waals surface area contributed by atoms with E-state index >= 15 is 0 Å².